The van der Waals surface area contributed by atoms with Crippen LogP contribution in [0.5, 0.6) is 11.5 Å². The van der Waals surface area contributed by atoms with Gasteiger partial charge in [-0.3, -0.25) is 9.89 Å². The Balaban J connectivity index is 1.33. The van der Waals surface area contributed by atoms with E-state index < -0.39 is 0 Å². The van der Waals surface area contributed by atoms with Crippen molar-refractivity contribution < 1.29 is 19.0 Å². The van der Waals surface area contributed by atoms with Crippen LogP contribution in [0.15, 0.2) is 48.5 Å². The normalized spacial score (nSPS) is 13.6. The van der Waals surface area contributed by atoms with E-state index in [1.807, 2.05) is 48.5 Å². The molecule has 32 heavy (non-hydrogen) atoms. The van der Waals surface area contributed by atoms with Crippen LogP contribution in [0.2, 0.25) is 0 Å². The number of benzene rings is 2. The number of ether oxygens (including phenoxy) is 3. The highest BCUT2D eigenvalue weighted by atomic mass is 16.5. The van der Waals surface area contributed by atoms with E-state index in [9.17, 15) is 4.79 Å². The van der Waals surface area contributed by atoms with Gasteiger partial charge in [0.15, 0.2) is 5.82 Å². The first-order valence-corrected chi connectivity index (χ1v) is 10.6. The summed E-state index contributed by atoms with van der Waals surface area (Å²) in [6.07, 6.45) is 1.53. The molecule has 0 atom stereocenters. The summed E-state index contributed by atoms with van der Waals surface area (Å²) in [4.78, 5) is 14.9. The Kier molecular flexibility index (Phi) is 6.91. The van der Waals surface area contributed by atoms with Gasteiger partial charge in [0, 0.05) is 42.2 Å². The quantitative estimate of drug-likeness (QED) is 0.563. The lowest BCUT2D eigenvalue weighted by Crippen LogP contribution is -2.36. The van der Waals surface area contributed by atoms with Gasteiger partial charge in [-0.15, -0.1) is 0 Å². The molecule has 2 heterocycles. The third-order valence-corrected chi connectivity index (χ3v) is 5.47. The number of morpholine rings is 1. The lowest BCUT2D eigenvalue weighted by atomic mass is 10.1. The Morgan fingerprint density at radius 1 is 1.03 bits per heavy atom. The van der Waals surface area contributed by atoms with E-state index in [1.165, 1.54) is 0 Å². The Bertz CT molecular complexity index is 1020. The third kappa shape index (κ3) is 5.39. The predicted molar refractivity (Wildman–Crippen MR) is 123 cm³/mol. The van der Waals surface area contributed by atoms with Crippen molar-refractivity contribution in [3.05, 3.63) is 65.4 Å². The predicted octanol–water partition coefficient (Wildman–Crippen LogP) is 3.30. The van der Waals surface area contributed by atoms with Crippen LogP contribution in [-0.2, 0) is 17.6 Å². The molecule has 168 valence electrons. The number of nitrogens with zero attached hydrogens (tertiary/aromatic N) is 2. The van der Waals surface area contributed by atoms with Crippen LogP contribution in [0.1, 0.15) is 21.6 Å². The van der Waals surface area contributed by atoms with Crippen LogP contribution in [-0.4, -0.2) is 56.6 Å². The highest BCUT2D eigenvalue weighted by Gasteiger charge is 2.13. The zero-order valence-electron chi connectivity index (χ0n) is 18.4. The summed E-state index contributed by atoms with van der Waals surface area (Å²) < 4.78 is 16.0. The van der Waals surface area contributed by atoms with E-state index in [1.54, 1.807) is 14.2 Å². The number of H-pyrrole nitrogens is 1. The molecule has 0 radical (unpaired) electrons. The first-order valence-electron chi connectivity index (χ1n) is 10.6. The number of methoxy groups -OCH3 is 2. The smallest absolute Gasteiger partial charge is 0.256 e. The van der Waals surface area contributed by atoms with Gasteiger partial charge in [-0.2, -0.15) is 5.10 Å². The first kappa shape index (κ1) is 21.7. The Labute approximate surface area is 187 Å². The van der Waals surface area contributed by atoms with Crippen LogP contribution >= 0.6 is 0 Å². The number of aromatic amines is 1. The second-order valence-corrected chi connectivity index (χ2v) is 7.60. The maximum Gasteiger partial charge on any atom is 0.256 e. The van der Waals surface area contributed by atoms with Crippen molar-refractivity contribution in [2.45, 2.75) is 12.8 Å². The zero-order valence-corrected chi connectivity index (χ0v) is 18.4. The number of amides is 1. The lowest BCUT2D eigenvalue weighted by Gasteiger charge is -2.28. The van der Waals surface area contributed by atoms with E-state index in [2.05, 4.69) is 20.4 Å². The summed E-state index contributed by atoms with van der Waals surface area (Å²) in [5, 5.41) is 10.1. The standard InChI is InChI=1S/C24H28N4O4/c1-30-21-13-17(14-22(16-21)31-2)3-6-19-15-23(27-26-19)25-24(29)18-4-7-20(8-5-18)28-9-11-32-12-10-28/h4-5,7-8,13-16H,3,6,9-12H2,1-2H3,(H2,25,26,27,29). The number of hydrogen-bond acceptors (Lipinski definition) is 6. The van der Waals surface area contributed by atoms with Gasteiger partial charge < -0.3 is 24.4 Å². The molecule has 0 spiro atoms. The maximum absolute atomic E-state index is 12.6. The molecule has 8 heteroatoms. The molecule has 3 aromatic rings. The minimum absolute atomic E-state index is 0.186. The largest absolute Gasteiger partial charge is 0.497 e. The molecule has 1 aliphatic rings. The number of hydrogen-bond donors (Lipinski definition) is 2. The fraction of sp³-hybridized carbons (Fsp3) is 0.333. The van der Waals surface area contributed by atoms with Crippen molar-refractivity contribution in [2.75, 3.05) is 50.7 Å². The highest BCUT2D eigenvalue weighted by molar-refractivity contribution is 6.03. The van der Waals surface area contributed by atoms with Gasteiger partial charge in [0.05, 0.1) is 27.4 Å². The van der Waals surface area contributed by atoms with E-state index in [-0.39, 0.29) is 5.91 Å². The Morgan fingerprint density at radius 2 is 1.72 bits per heavy atom. The topological polar surface area (TPSA) is 88.7 Å². The SMILES string of the molecule is COc1cc(CCc2cc(NC(=O)c3ccc(N4CCOCC4)cc3)n[nH]2)cc(OC)c1. The van der Waals surface area contributed by atoms with Crippen LogP contribution in [0.4, 0.5) is 11.5 Å². The van der Waals surface area contributed by atoms with Gasteiger partial charge >= 0.3 is 0 Å². The summed E-state index contributed by atoms with van der Waals surface area (Å²) in [6, 6.07) is 15.3. The number of anilines is 2. The minimum atomic E-state index is -0.186. The van der Waals surface area contributed by atoms with E-state index in [0.29, 0.717) is 11.4 Å². The average molecular weight is 437 g/mol. The number of aryl methyl sites for hydroxylation is 2. The number of aromatic nitrogens is 2. The summed E-state index contributed by atoms with van der Waals surface area (Å²) in [7, 11) is 3.27. The van der Waals surface area contributed by atoms with Crippen molar-refractivity contribution in [3.63, 3.8) is 0 Å². The Hall–Kier alpha value is -3.52. The molecule has 1 saturated heterocycles. The average Bonchev–Trinajstić information content (AvgIpc) is 3.30. The number of nitrogens with one attached hydrogen (secondary N) is 2. The van der Waals surface area contributed by atoms with Crippen LogP contribution in [0.3, 0.4) is 0 Å². The number of rotatable bonds is 8. The van der Waals surface area contributed by atoms with Gasteiger partial charge in [-0.05, 0) is 54.8 Å². The molecular formula is C24H28N4O4. The number of carbonyl (C=O) groups excluding carboxylic acids is 1. The van der Waals surface area contributed by atoms with E-state index >= 15 is 0 Å². The van der Waals surface area contributed by atoms with Crippen LogP contribution < -0.4 is 19.7 Å². The molecule has 2 N–H and O–H groups in total. The summed E-state index contributed by atoms with van der Waals surface area (Å²) >= 11 is 0. The number of carbonyl (C=O) groups is 1. The molecule has 0 unspecified atom stereocenters. The molecule has 1 aliphatic heterocycles. The third-order valence-electron chi connectivity index (χ3n) is 5.47. The molecule has 8 nitrogen and oxygen atoms in total. The monoisotopic (exact) mass is 436 g/mol. The van der Waals surface area contributed by atoms with Crippen LogP contribution in [0, 0.1) is 0 Å². The lowest BCUT2D eigenvalue weighted by molar-refractivity contribution is 0.102. The fourth-order valence-corrected chi connectivity index (χ4v) is 3.68. The van der Waals surface area contributed by atoms with E-state index in [4.69, 9.17) is 14.2 Å². The molecule has 1 amide bonds. The van der Waals surface area contributed by atoms with Crippen molar-refractivity contribution >= 4 is 17.4 Å². The molecule has 1 fully saturated rings. The summed E-state index contributed by atoms with van der Waals surface area (Å²) in [5.41, 5.74) is 3.72. The van der Waals surface area contributed by atoms with Crippen molar-refractivity contribution in [2.24, 2.45) is 0 Å². The summed E-state index contributed by atoms with van der Waals surface area (Å²) in [6.45, 7) is 3.19. The Morgan fingerprint density at radius 3 is 2.38 bits per heavy atom. The van der Waals surface area contributed by atoms with E-state index in [0.717, 1.165) is 67.6 Å². The fourth-order valence-electron chi connectivity index (χ4n) is 3.68. The van der Waals surface area contributed by atoms with Crippen molar-refractivity contribution in [1.29, 1.82) is 0 Å². The second kappa shape index (κ2) is 10.2. The van der Waals surface area contributed by atoms with Gasteiger partial charge in [0.1, 0.15) is 11.5 Å². The highest BCUT2D eigenvalue weighted by Crippen LogP contribution is 2.23. The molecule has 2 aromatic carbocycles. The molecule has 1 aromatic heterocycles. The zero-order chi connectivity index (χ0) is 22.3. The summed E-state index contributed by atoms with van der Waals surface area (Å²) in [5.74, 6) is 1.84. The molecule has 0 bridgehead atoms. The van der Waals surface area contributed by atoms with Crippen molar-refractivity contribution in [3.8, 4) is 11.5 Å². The molecule has 0 saturated carbocycles. The van der Waals surface area contributed by atoms with Crippen LogP contribution in [0.25, 0.3) is 0 Å². The van der Waals surface area contributed by atoms with Gasteiger partial charge in [0.2, 0.25) is 0 Å². The minimum Gasteiger partial charge on any atom is -0.497 e. The second-order valence-electron chi connectivity index (χ2n) is 7.60. The van der Waals surface area contributed by atoms with Crippen molar-refractivity contribution in [1.82, 2.24) is 10.2 Å². The molecular weight excluding hydrogens is 408 g/mol. The molecule has 0 aliphatic carbocycles. The van der Waals surface area contributed by atoms with Gasteiger partial charge in [-0.25, -0.2) is 0 Å². The van der Waals surface area contributed by atoms with Gasteiger partial charge in [-0.1, -0.05) is 0 Å². The molecule has 4 rings (SSSR count). The first-order chi connectivity index (χ1) is 15.6. The maximum atomic E-state index is 12.6. The van der Waals surface area contributed by atoms with Gasteiger partial charge in [0.25, 0.3) is 5.91 Å².